The molecule has 5 nitrogen and oxygen atoms in total. The molecule has 2 amide bonds. The lowest BCUT2D eigenvalue weighted by Gasteiger charge is -2.35. The van der Waals surface area contributed by atoms with E-state index >= 15 is 0 Å². The van der Waals surface area contributed by atoms with Gasteiger partial charge in [0.25, 0.3) is 0 Å². The molecule has 5 heteroatoms. The van der Waals surface area contributed by atoms with Crippen LogP contribution in [0, 0.1) is 11.8 Å². The molecule has 2 atom stereocenters. The van der Waals surface area contributed by atoms with Crippen LogP contribution in [0.15, 0.2) is 84.9 Å². The first-order chi connectivity index (χ1) is 18.7. The van der Waals surface area contributed by atoms with Crippen molar-refractivity contribution in [2.75, 3.05) is 13.1 Å². The van der Waals surface area contributed by atoms with Crippen molar-refractivity contribution in [1.29, 1.82) is 0 Å². The second-order valence-corrected chi connectivity index (χ2v) is 11.3. The highest BCUT2D eigenvalue weighted by atomic mass is 16.2. The molecule has 0 saturated carbocycles. The predicted octanol–water partition coefficient (Wildman–Crippen LogP) is 6.77. The van der Waals surface area contributed by atoms with Crippen molar-refractivity contribution in [3.63, 3.8) is 0 Å². The minimum absolute atomic E-state index is 0.0112. The van der Waals surface area contributed by atoms with Crippen LogP contribution in [0.5, 0.6) is 0 Å². The average molecular weight is 524 g/mol. The van der Waals surface area contributed by atoms with Gasteiger partial charge in [0.2, 0.25) is 11.8 Å². The molecule has 0 aliphatic rings. The van der Waals surface area contributed by atoms with Crippen molar-refractivity contribution < 1.29 is 9.59 Å². The topological polar surface area (TPSA) is 75.4 Å². The van der Waals surface area contributed by atoms with Gasteiger partial charge in [0.1, 0.15) is 0 Å². The Morgan fingerprint density at radius 1 is 0.718 bits per heavy atom. The molecule has 0 bridgehead atoms. The summed E-state index contributed by atoms with van der Waals surface area (Å²) in [7, 11) is 0. The number of nitrogens with zero attached hydrogens (tertiary/aromatic N) is 1. The lowest BCUT2D eigenvalue weighted by atomic mass is 9.92. The highest BCUT2D eigenvalue weighted by molar-refractivity contribution is 5.89. The summed E-state index contributed by atoms with van der Waals surface area (Å²) in [6, 6.07) is 28.2. The molecular weight excluding hydrogens is 482 g/mol. The molecule has 3 N–H and O–H groups in total. The highest BCUT2D eigenvalue weighted by Crippen LogP contribution is 2.34. The number of carbonyl (C=O) groups excluding carboxylic acids is 2. The Hall–Kier alpha value is -3.70. The van der Waals surface area contributed by atoms with E-state index in [1.807, 2.05) is 41.3 Å². The van der Waals surface area contributed by atoms with Gasteiger partial charge >= 0.3 is 0 Å². The minimum Gasteiger partial charge on any atom is -0.370 e. The Labute approximate surface area is 232 Å². The zero-order chi connectivity index (χ0) is 27.9. The Morgan fingerprint density at radius 3 is 1.82 bits per heavy atom. The van der Waals surface area contributed by atoms with Crippen LogP contribution in [-0.2, 0) is 9.59 Å². The van der Waals surface area contributed by atoms with Crippen molar-refractivity contribution >= 4 is 33.4 Å². The van der Waals surface area contributed by atoms with Crippen LogP contribution in [0.25, 0.3) is 21.5 Å². The lowest BCUT2D eigenvalue weighted by molar-refractivity contribution is -0.136. The molecule has 0 spiro atoms. The first-order valence-electron chi connectivity index (χ1n) is 14.0. The number of carbonyl (C=O) groups is 2. The van der Waals surface area contributed by atoms with E-state index in [1.165, 1.54) is 0 Å². The largest absolute Gasteiger partial charge is 0.370 e. The second kappa shape index (κ2) is 12.9. The summed E-state index contributed by atoms with van der Waals surface area (Å²) >= 11 is 0. The van der Waals surface area contributed by atoms with E-state index in [0.717, 1.165) is 39.2 Å². The van der Waals surface area contributed by atoms with E-state index < -0.39 is 11.9 Å². The van der Waals surface area contributed by atoms with E-state index in [-0.39, 0.29) is 30.7 Å². The molecule has 0 heterocycles. The number of benzene rings is 4. The number of hydrogen-bond donors (Lipinski definition) is 2. The number of amides is 2. The van der Waals surface area contributed by atoms with Gasteiger partial charge in [-0.3, -0.25) is 9.59 Å². The SMILES string of the molecule is CC(C)CN[C@@H](CC(=O)N(CC(C)C)[C@@H](CC(N)=O)c1cccc2ccccc12)c1cccc2ccccc12. The number of nitrogens with one attached hydrogen (secondary N) is 1. The molecule has 0 saturated heterocycles. The fourth-order valence-corrected chi connectivity index (χ4v) is 5.43. The molecule has 0 fully saturated rings. The van der Waals surface area contributed by atoms with Gasteiger partial charge in [-0.2, -0.15) is 0 Å². The van der Waals surface area contributed by atoms with Gasteiger partial charge in [-0.1, -0.05) is 113 Å². The molecule has 4 aromatic rings. The van der Waals surface area contributed by atoms with E-state index in [4.69, 9.17) is 5.73 Å². The first-order valence-corrected chi connectivity index (χ1v) is 14.0. The molecule has 0 aromatic heterocycles. The Kier molecular flexibility index (Phi) is 9.36. The van der Waals surface area contributed by atoms with Gasteiger partial charge in [-0.15, -0.1) is 0 Å². The summed E-state index contributed by atoms with van der Waals surface area (Å²) in [5, 5.41) is 8.09. The van der Waals surface area contributed by atoms with Crippen LogP contribution in [0.1, 0.15) is 63.7 Å². The van der Waals surface area contributed by atoms with Crippen molar-refractivity contribution in [3.05, 3.63) is 96.1 Å². The third kappa shape index (κ3) is 7.04. The van der Waals surface area contributed by atoms with E-state index in [0.29, 0.717) is 12.5 Å². The van der Waals surface area contributed by atoms with Crippen LogP contribution in [0.2, 0.25) is 0 Å². The first kappa shape index (κ1) is 28.3. The summed E-state index contributed by atoms with van der Waals surface area (Å²) in [5.41, 5.74) is 7.86. The maximum Gasteiger partial charge on any atom is 0.225 e. The maximum atomic E-state index is 14.3. The van der Waals surface area contributed by atoms with E-state index in [2.05, 4.69) is 81.5 Å². The molecule has 0 unspecified atom stereocenters. The molecular formula is C34H41N3O2. The van der Waals surface area contributed by atoms with Crippen LogP contribution in [0.3, 0.4) is 0 Å². The highest BCUT2D eigenvalue weighted by Gasteiger charge is 2.30. The molecule has 4 rings (SSSR count). The molecule has 204 valence electrons. The summed E-state index contributed by atoms with van der Waals surface area (Å²) in [6.07, 6.45) is 0.359. The second-order valence-electron chi connectivity index (χ2n) is 11.3. The Morgan fingerprint density at radius 2 is 1.26 bits per heavy atom. The van der Waals surface area contributed by atoms with E-state index in [9.17, 15) is 9.59 Å². The van der Waals surface area contributed by atoms with Gasteiger partial charge in [0.05, 0.1) is 12.5 Å². The fourth-order valence-electron chi connectivity index (χ4n) is 5.43. The maximum absolute atomic E-state index is 14.3. The standard InChI is InChI=1S/C34H41N3O2/c1-23(2)21-36-31(29-17-9-13-25-11-5-7-15-27(25)29)19-34(39)37(22-24(3)4)32(20-33(35)38)30-18-10-14-26-12-6-8-16-28(26)30/h5-18,23-24,31-32,36H,19-22H2,1-4H3,(H2,35,38)/t31-,32-/m0/s1. The van der Waals surface area contributed by atoms with Gasteiger partial charge < -0.3 is 16.0 Å². The third-order valence-corrected chi connectivity index (χ3v) is 7.19. The van der Waals surface area contributed by atoms with Crippen molar-refractivity contribution in [2.24, 2.45) is 17.6 Å². The third-order valence-electron chi connectivity index (χ3n) is 7.19. The quantitative estimate of drug-likeness (QED) is 0.215. The number of hydrogen-bond acceptors (Lipinski definition) is 3. The van der Waals surface area contributed by atoms with Gasteiger partial charge in [-0.25, -0.2) is 0 Å². The predicted molar refractivity (Wildman–Crippen MR) is 161 cm³/mol. The van der Waals surface area contributed by atoms with Crippen LogP contribution < -0.4 is 11.1 Å². The zero-order valence-corrected chi connectivity index (χ0v) is 23.6. The molecule has 0 aliphatic heterocycles. The summed E-state index contributed by atoms with van der Waals surface area (Å²) in [6.45, 7) is 9.87. The average Bonchev–Trinajstić information content (AvgIpc) is 2.92. The summed E-state index contributed by atoms with van der Waals surface area (Å²) < 4.78 is 0. The van der Waals surface area contributed by atoms with Gasteiger partial charge in [0, 0.05) is 19.0 Å². The van der Waals surface area contributed by atoms with Crippen molar-refractivity contribution in [1.82, 2.24) is 10.2 Å². The number of nitrogens with two attached hydrogens (primary N) is 1. The smallest absolute Gasteiger partial charge is 0.225 e. The monoisotopic (exact) mass is 523 g/mol. The van der Waals surface area contributed by atoms with Crippen LogP contribution in [0.4, 0.5) is 0 Å². The number of rotatable bonds is 12. The van der Waals surface area contributed by atoms with Gasteiger partial charge in [-0.05, 0) is 51.1 Å². The van der Waals surface area contributed by atoms with Crippen LogP contribution >= 0.6 is 0 Å². The van der Waals surface area contributed by atoms with Crippen molar-refractivity contribution in [2.45, 2.75) is 52.6 Å². The summed E-state index contributed by atoms with van der Waals surface area (Å²) in [4.78, 5) is 28.6. The molecule has 0 radical (unpaired) electrons. The Bertz CT molecular complexity index is 1420. The van der Waals surface area contributed by atoms with Gasteiger partial charge in [0.15, 0.2) is 0 Å². The zero-order valence-electron chi connectivity index (χ0n) is 23.6. The van der Waals surface area contributed by atoms with Crippen molar-refractivity contribution in [3.8, 4) is 0 Å². The summed E-state index contributed by atoms with van der Waals surface area (Å²) in [5.74, 6) is 0.247. The molecule has 4 aromatic carbocycles. The fraction of sp³-hybridized carbons (Fsp3) is 0.353. The number of fused-ring (bicyclic) bond motifs is 2. The molecule has 39 heavy (non-hydrogen) atoms. The van der Waals surface area contributed by atoms with Crippen LogP contribution in [-0.4, -0.2) is 29.8 Å². The van der Waals surface area contributed by atoms with E-state index in [1.54, 1.807) is 0 Å². The normalized spacial score (nSPS) is 13.2. The number of primary amides is 1. The Balaban J connectivity index is 1.76. The lowest BCUT2D eigenvalue weighted by Crippen LogP contribution is -2.41. The minimum atomic E-state index is -0.443. The molecule has 0 aliphatic carbocycles.